The number of furan rings is 1. The lowest BCUT2D eigenvalue weighted by Gasteiger charge is -1.95. The summed E-state index contributed by atoms with van der Waals surface area (Å²) < 4.78 is 4.88. The van der Waals surface area contributed by atoms with Crippen LogP contribution in [0, 0.1) is 0 Å². The Morgan fingerprint density at radius 3 is 3.00 bits per heavy atom. The van der Waals surface area contributed by atoms with Crippen molar-refractivity contribution in [2.45, 2.75) is 13.3 Å². The lowest BCUT2D eigenvalue weighted by Crippen LogP contribution is -1.86. The van der Waals surface area contributed by atoms with Crippen molar-refractivity contribution in [3.63, 3.8) is 0 Å². The minimum absolute atomic E-state index is 0.127. The van der Waals surface area contributed by atoms with Gasteiger partial charge < -0.3 is 9.52 Å². The van der Waals surface area contributed by atoms with Crippen LogP contribution in [0.5, 0.6) is 0 Å². The van der Waals surface area contributed by atoms with E-state index in [2.05, 4.69) is 0 Å². The molecule has 1 aromatic heterocycles. The molecule has 1 rings (SSSR count). The summed E-state index contributed by atoms with van der Waals surface area (Å²) in [5, 5.41) is 8.83. The molecule has 0 atom stereocenters. The van der Waals surface area contributed by atoms with Gasteiger partial charge in [0, 0.05) is 5.56 Å². The number of hydrogen-bond acceptors (Lipinski definition) is 2. The maximum atomic E-state index is 8.83. The molecule has 0 bridgehead atoms. The SMILES string of the molecule is CCC(=Cc1ccoc1)CO. The van der Waals surface area contributed by atoms with Crippen LogP contribution in [-0.4, -0.2) is 11.7 Å². The van der Waals surface area contributed by atoms with Crippen molar-refractivity contribution in [3.8, 4) is 0 Å². The highest BCUT2D eigenvalue weighted by atomic mass is 16.3. The summed E-state index contributed by atoms with van der Waals surface area (Å²) in [6, 6.07) is 1.87. The monoisotopic (exact) mass is 152 g/mol. The highest BCUT2D eigenvalue weighted by molar-refractivity contribution is 5.51. The summed E-state index contributed by atoms with van der Waals surface area (Å²) in [7, 11) is 0. The third-order valence-corrected chi connectivity index (χ3v) is 1.57. The molecule has 60 valence electrons. The first-order chi connectivity index (χ1) is 5.36. The summed E-state index contributed by atoms with van der Waals surface area (Å²) in [6.07, 6.45) is 6.09. The second-order valence-corrected chi connectivity index (χ2v) is 2.37. The molecule has 1 aromatic rings. The van der Waals surface area contributed by atoms with E-state index >= 15 is 0 Å². The second-order valence-electron chi connectivity index (χ2n) is 2.37. The molecule has 0 saturated carbocycles. The predicted molar refractivity (Wildman–Crippen MR) is 44.1 cm³/mol. The van der Waals surface area contributed by atoms with Gasteiger partial charge in [0.25, 0.3) is 0 Å². The molecule has 0 radical (unpaired) electrons. The molecular weight excluding hydrogens is 140 g/mol. The van der Waals surface area contributed by atoms with Crippen molar-refractivity contribution in [2.24, 2.45) is 0 Å². The predicted octanol–water partition coefficient (Wildman–Crippen LogP) is 2.07. The molecule has 2 heteroatoms. The van der Waals surface area contributed by atoms with Gasteiger partial charge in [0.15, 0.2) is 0 Å². The zero-order valence-corrected chi connectivity index (χ0v) is 6.58. The van der Waals surface area contributed by atoms with E-state index in [0.29, 0.717) is 0 Å². The van der Waals surface area contributed by atoms with E-state index in [1.807, 2.05) is 19.1 Å². The third kappa shape index (κ3) is 2.24. The van der Waals surface area contributed by atoms with Crippen molar-refractivity contribution in [1.29, 1.82) is 0 Å². The summed E-state index contributed by atoms with van der Waals surface area (Å²) in [5.41, 5.74) is 2.03. The van der Waals surface area contributed by atoms with Crippen LogP contribution in [0.3, 0.4) is 0 Å². The maximum absolute atomic E-state index is 8.83. The van der Waals surface area contributed by atoms with Crippen LogP contribution in [0.15, 0.2) is 28.6 Å². The average Bonchev–Trinajstić information content (AvgIpc) is 2.52. The second kappa shape index (κ2) is 3.98. The van der Waals surface area contributed by atoms with Crippen LogP contribution >= 0.6 is 0 Å². The number of aliphatic hydroxyl groups excluding tert-OH is 1. The van der Waals surface area contributed by atoms with Crippen LogP contribution in [-0.2, 0) is 0 Å². The molecule has 1 N–H and O–H groups in total. The van der Waals surface area contributed by atoms with Crippen LogP contribution in [0.2, 0.25) is 0 Å². The van der Waals surface area contributed by atoms with E-state index in [4.69, 9.17) is 9.52 Å². The molecule has 0 spiro atoms. The molecule has 0 aliphatic rings. The van der Waals surface area contributed by atoms with Gasteiger partial charge in [-0.05, 0) is 18.1 Å². The Bertz CT molecular complexity index is 216. The quantitative estimate of drug-likeness (QED) is 0.719. The smallest absolute Gasteiger partial charge is 0.0974 e. The van der Waals surface area contributed by atoms with Crippen LogP contribution < -0.4 is 0 Å². The van der Waals surface area contributed by atoms with E-state index in [1.165, 1.54) is 0 Å². The standard InChI is InChI=1S/C9H12O2/c1-2-8(6-10)5-9-3-4-11-7-9/h3-5,7,10H,2,6H2,1H3. The number of hydrogen-bond donors (Lipinski definition) is 1. The molecule has 0 aromatic carbocycles. The number of aliphatic hydroxyl groups is 1. The van der Waals surface area contributed by atoms with E-state index < -0.39 is 0 Å². The van der Waals surface area contributed by atoms with Gasteiger partial charge in [-0.25, -0.2) is 0 Å². The Balaban J connectivity index is 2.71. The normalized spacial score (nSPS) is 12.0. The van der Waals surface area contributed by atoms with Crippen molar-refractivity contribution < 1.29 is 9.52 Å². The molecule has 0 saturated heterocycles. The van der Waals surface area contributed by atoms with Gasteiger partial charge in [-0.1, -0.05) is 13.0 Å². The fourth-order valence-corrected chi connectivity index (χ4v) is 0.852. The zero-order chi connectivity index (χ0) is 8.10. The van der Waals surface area contributed by atoms with Crippen LogP contribution in [0.1, 0.15) is 18.9 Å². The van der Waals surface area contributed by atoms with Gasteiger partial charge in [-0.3, -0.25) is 0 Å². The zero-order valence-electron chi connectivity index (χ0n) is 6.58. The van der Waals surface area contributed by atoms with Gasteiger partial charge in [0.1, 0.15) is 0 Å². The van der Waals surface area contributed by atoms with Crippen LogP contribution in [0.25, 0.3) is 6.08 Å². The largest absolute Gasteiger partial charge is 0.472 e. The van der Waals surface area contributed by atoms with Crippen molar-refractivity contribution in [1.82, 2.24) is 0 Å². The Kier molecular flexibility index (Phi) is 2.93. The maximum Gasteiger partial charge on any atom is 0.0974 e. The first-order valence-corrected chi connectivity index (χ1v) is 3.69. The molecule has 2 nitrogen and oxygen atoms in total. The Hall–Kier alpha value is -1.02. The summed E-state index contributed by atoms with van der Waals surface area (Å²) in [4.78, 5) is 0. The first kappa shape index (κ1) is 8.08. The molecule has 0 amide bonds. The molecular formula is C9H12O2. The Morgan fingerprint density at radius 2 is 2.55 bits per heavy atom. The van der Waals surface area contributed by atoms with Gasteiger partial charge in [-0.2, -0.15) is 0 Å². The van der Waals surface area contributed by atoms with Crippen molar-refractivity contribution in [2.75, 3.05) is 6.61 Å². The summed E-state index contributed by atoms with van der Waals surface area (Å²) >= 11 is 0. The summed E-state index contributed by atoms with van der Waals surface area (Å²) in [6.45, 7) is 2.14. The van der Waals surface area contributed by atoms with Gasteiger partial charge >= 0.3 is 0 Å². The van der Waals surface area contributed by atoms with E-state index in [-0.39, 0.29) is 6.61 Å². The van der Waals surface area contributed by atoms with Crippen molar-refractivity contribution in [3.05, 3.63) is 29.7 Å². The van der Waals surface area contributed by atoms with Crippen molar-refractivity contribution >= 4 is 6.08 Å². The highest BCUT2D eigenvalue weighted by Crippen LogP contribution is 2.08. The first-order valence-electron chi connectivity index (χ1n) is 3.69. The third-order valence-electron chi connectivity index (χ3n) is 1.57. The fourth-order valence-electron chi connectivity index (χ4n) is 0.852. The molecule has 0 aliphatic heterocycles. The van der Waals surface area contributed by atoms with Crippen LogP contribution in [0.4, 0.5) is 0 Å². The van der Waals surface area contributed by atoms with Gasteiger partial charge in [-0.15, -0.1) is 0 Å². The van der Waals surface area contributed by atoms with Gasteiger partial charge in [0.05, 0.1) is 19.1 Å². The minimum Gasteiger partial charge on any atom is -0.472 e. The highest BCUT2D eigenvalue weighted by Gasteiger charge is 1.92. The van der Waals surface area contributed by atoms with E-state index in [9.17, 15) is 0 Å². The lowest BCUT2D eigenvalue weighted by atomic mass is 10.1. The molecule has 0 unspecified atom stereocenters. The van der Waals surface area contributed by atoms with E-state index in [0.717, 1.165) is 17.6 Å². The minimum atomic E-state index is 0.127. The number of rotatable bonds is 3. The topological polar surface area (TPSA) is 33.4 Å². The molecule has 0 fully saturated rings. The molecule has 1 heterocycles. The molecule has 11 heavy (non-hydrogen) atoms. The average molecular weight is 152 g/mol. The van der Waals surface area contributed by atoms with E-state index in [1.54, 1.807) is 12.5 Å². The fraction of sp³-hybridized carbons (Fsp3) is 0.333. The summed E-state index contributed by atoms with van der Waals surface area (Å²) in [5.74, 6) is 0. The Labute approximate surface area is 66.2 Å². The van der Waals surface area contributed by atoms with Gasteiger partial charge in [0.2, 0.25) is 0 Å². The lowest BCUT2D eigenvalue weighted by molar-refractivity contribution is 0.329. The molecule has 0 aliphatic carbocycles. The Morgan fingerprint density at radius 1 is 1.73 bits per heavy atom.